The molecule has 0 spiro atoms. The number of hydrogen-bond donors (Lipinski definition) is 1. The molecule has 6 heteroatoms. The molecule has 4 nitrogen and oxygen atoms in total. The van der Waals surface area contributed by atoms with Crippen LogP contribution in [-0.2, 0) is 11.3 Å². The van der Waals surface area contributed by atoms with Gasteiger partial charge in [-0.3, -0.25) is 9.69 Å². The van der Waals surface area contributed by atoms with Gasteiger partial charge in [0.05, 0.1) is 5.92 Å². The first-order valence-corrected chi connectivity index (χ1v) is 9.17. The molecule has 0 bridgehead atoms. The molecule has 1 N–H and O–H groups in total. The second-order valence-corrected chi connectivity index (χ2v) is 7.33. The van der Waals surface area contributed by atoms with E-state index in [1.807, 2.05) is 0 Å². The van der Waals surface area contributed by atoms with Crippen LogP contribution in [0.4, 0.5) is 8.78 Å². The molecule has 1 aromatic rings. The van der Waals surface area contributed by atoms with Crippen molar-refractivity contribution in [2.24, 2.45) is 5.92 Å². The van der Waals surface area contributed by atoms with E-state index in [4.69, 9.17) is 0 Å². The van der Waals surface area contributed by atoms with Gasteiger partial charge in [-0.05, 0) is 70.1 Å². The van der Waals surface area contributed by atoms with Crippen LogP contribution in [0.1, 0.15) is 31.2 Å². The average molecular weight is 351 g/mol. The number of piperidine rings is 2. The van der Waals surface area contributed by atoms with Gasteiger partial charge in [0.15, 0.2) is 11.6 Å². The molecule has 1 unspecified atom stereocenters. The summed E-state index contributed by atoms with van der Waals surface area (Å²) in [5.41, 5.74) is 0.579. The predicted octanol–water partition coefficient (Wildman–Crippen LogP) is 2.39. The van der Waals surface area contributed by atoms with E-state index in [-0.39, 0.29) is 18.4 Å². The topological polar surface area (TPSA) is 35.6 Å². The van der Waals surface area contributed by atoms with Crippen LogP contribution < -0.4 is 5.32 Å². The minimum absolute atomic E-state index is 0.0151. The van der Waals surface area contributed by atoms with Gasteiger partial charge in [0.1, 0.15) is 0 Å². The molecule has 2 heterocycles. The standard InChI is InChI=1S/C19H27F2N3O/c1-23-9-6-16(7-10-23)24-8-2-3-15(13-24)19(25)22-12-14-4-5-17(20)18(21)11-14/h4-5,11,15-16H,2-3,6-10,12-13H2,1H3,(H,22,25). The minimum Gasteiger partial charge on any atom is -0.352 e. The van der Waals surface area contributed by atoms with E-state index in [1.54, 1.807) is 0 Å². The highest BCUT2D eigenvalue weighted by Crippen LogP contribution is 2.23. The number of amides is 1. The van der Waals surface area contributed by atoms with Gasteiger partial charge < -0.3 is 10.2 Å². The Labute approximate surface area is 148 Å². The normalized spacial score (nSPS) is 23.6. The molecule has 2 aliphatic heterocycles. The summed E-state index contributed by atoms with van der Waals surface area (Å²) >= 11 is 0. The molecule has 1 atom stereocenters. The molecule has 138 valence electrons. The van der Waals surface area contributed by atoms with E-state index in [0.717, 1.165) is 51.2 Å². The molecule has 2 saturated heterocycles. The van der Waals surface area contributed by atoms with Gasteiger partial charge in [-0.1, -0.05) is 6.07 Å². The lowest BCUT2D eigenvalue weighted by Gasteiger charge is -2.41. The van der Waals surface area contributed by atoms with Gasteiger partial charge in [-0.2, -0.15) is 0 Å². The maximum Gasteiger partial charge on any atom is 0.224 e. The van der Waals surface area contributed by atoms with Crippen LogP contribution in [0.2, 0.25) is 0 Å². The maximum absolute atomic E-state index is 13.2. The fourth-order valence-electron chi connectivity index (χ4n) is 3.90. The lowest BCUT2D eigenvalue weighted by Crippen LogP contribution is -2.50. The van der Waals surface area contributed by atoms with Gasteiger partial charge in [-0.15, -0.1) is 0 Å². The Balaban J connectivity index is 1.50. The van der Waals surface area contributed by atoms with Crippen LogP contribution in [-0.4, -0.2) is 55.0 Å². The highest BCUT2D eigenvalue weighted by molar-refractivity contribution is 5.79. The number of halogens is 2. The van der Waals surface area contributed by atoms with Crippen LogP contribution >= 0.6 is 0 Å². The molecule has 25 heavy (non-hydrogen) atoms. The van der Waals surface area contributed by atoms with E-state index in [9.17, 15) is 13.6 Å². The molecule has 1 amide bonds. The zero-order chi connectivity index (χ0) is 17.8. The summed E-state index contributed by atoms with van der Waals surface area (Å²) in [5, 5.41) is 2.88. The number of nitrogens with zero attached hydrogens (tertiary/aromatic N) is 2. The fourth-order valence-corrected chi connectivity index (χ4v) is 3.90. The molecule has 1 aromatic carbocycles. The number of carbonyl (C=O) groups is 1. The third kappa shape index (κ3) is 4.76. The van der Waals surface area contributed by atoms with Crippen molar-refractivity contribution >= 4 is 5.91 Å². The minimum atomic E-state index is -0.877. The van der Waals surface area contributed by atoms with Crippen molar-refractivity contribution in [3.63, 3.8) is 0 Å². The summed E-state index contributed by atoms with van der Waals surface area (Å²) in [4.78, 5) is 17.3. The van der Waals surface area contributed by atoms with E-state index >= 15 is 0 Å². The first kappa shape index (κ1) is 18.3. The molecule has 0 aromatic heterocycles. The average Bonchev–Trinajstić information content (AvgIpc) is 2.63. The van der Waals surface area contributed by atoms with Gasteiger partial charge in [0.2, 0.25) is 5.91 Å². The molecule has 0 saturated carbocycles. The van der Waals surface area contributed by atoms with E-state index in [2.05, 4.69) is 22.2 Å². The summed E-state index contributed by atoms with van der Waals surface area (Å²) < 4.78 is 26.2. The molecule has 2 aliphatic rings. The molecule has 0 aliphatic carbocycles. The molecule has 0 radical (unpaired) electrons. The fraction of sp³-hybridized carbons (Fsp3) is 0.632. The first-order valence-electron chi connectivity index (χ1n) is 9.17. The summed E-state index contributed by atoms with van der Waals surface area (Å²) in [6.07, 6.45) is 4.27. The molecule has 3 rings (SSSR count). The van der Waals surface area contributed by atoms with Crippen LogP contribution in [0.25, 0.3) is 0 Å². The third-order valence-electron chi connectivity index (χ3n) is 5.48. The van der Waals surface area contributed by atoms with Gasteiger partial charge >= 0.3 is 0 Å². The van der Waals surface area contributed by atoms with Crippen molar-refractivity contribution in [1.82, 2.24) is 15.1 Å². The monoisotopic (exact) mass is 351 g/mol. The van der Waals surface area contributed by atoms with E-state index in [0.29, 0.717) is 11.6 Å². The third-order valence-corrected chi connectivity index (χ3v) is 5.48. The lowest BCUT2D eigenvalue weighted by molar-refractivity contribution is -0.127. The van der Waals surface area contributed by atoms with Crippen molar-refractivity contribution in [3.8, 4) is 0 Å². The Hall–Kier alpha value is -1.53. The highest BCUT2D eigenvalue weighted by Gasteiger charge is 2.31. The van der Waals surface area contributed by atoms with Crippen LogP contribution in [0.3, 0.4) is 0 Å². The van der Waals surface area contributed by atoms with Crippen molar-refractivity contribution in [1.29, 1.82) is 0 Å². The zero-order valence-corrected chi connectivity index (χ0v) is 14.8. The Morgan fingerprint density at radius 3 is 2.64 bits per heavy atom. The molecule has 2 fully saturated rings. The molecular weight excluding hydrogens is 324 g/mol. The summed E-state index contributed by atoms with van der Waals surface area (Å²) in [6.45, 7) is 4.35. The number of rotatable bonds is 4. The second kappa shape index (κ2) is 8.23. The zero-order valence-electron chi connectivity index (χ0n) is 14.8. The van der Waals surface area contributed by atoms with Crippen LogP contribution in [0, 0.1) is 17.6 Å². The number of likely N-dealkylation sites (tertiary alicyclic amines) is 2. The number of carbonyl (C=O) groups excluding carboxylic acids is 1. The molecular formula is C19H27F2N3O. The summed E-state index contributed by atoms with van der Waals surface area (Å²) in [6, 6.07) is 4.32. The Morgan fingerprint density at radius 2 is 1.92 bits per heavy atom. The lowest BCUT2D eigenvalue weighted by atomic mass is 9.93. The van der Waals surface area contributed by atoms with E-state index < -0.39 is 11.6 Å². The summed E-state index contributed by atoms with van der Waals surface area (Å²) in [7, 11) is 2.15. The second-order valence-electron chi connectivity index (χ2n) is 7.33. The van der Waals surface area contributed by atoms with Crippen molar-refractivity contribution in [3.05, 3.63) is 35.4 Å². The Kier molecular flexibility index (Phi) is 6.02. The Bertz CT molecular complexity index is 602. The van der Waals surface area contributed by atoms with Crippen LogP contribution in [0.5, 0.6) is 0 Å². The predicted molar refractivity (Wildman–Crippen MR) is 93.0 cm³/mol. The van der Waals surface area contributed by atoms with Gasteiger partial charge in [-0.25, -0.2) is 8.78 Å². The van der Waals surface area contributed by atoms with Gasteiger partial charge in [0.25, 0.3) is 0 Å². The van der Waals surface area contributed by atoms with Crippen molar-refractivity contribution < 1.29 is 13.6 Å². The maximum atomic E-state index is 13.2. The van der Waals surface area contributed by atoms with Gasteiger partial charge in [0, 0.05) is 19.1 Å². The number of hydrogen-bond acceptors (Lipinski definition) is 3. The number of benzene rings is 1. The van der Waals surface area contributed by atoms with E-state index in [1.165, 1.54) is 18.9 Å². The highest BCUT2D eigenvalue weighted by atomic mass is 19.2. The first-order chi connectivity index (χ1) is 12.0. The van der Waals surface area contributed by atoms with Crippen molar-refractivity contribution in [2.75, 3.05) is 33.2 Å². The van der Waals surface area contributed by atoms with Crippen molar-refractivity contribution in [2.45, 2.75) is 38.3 Å². The quantitative estimate of drug-likeness (QED) is 0.905. The largest absolute Gasteiger partial charge is 0.352 e. The summed E-state index contributed by atoms with van der Waals surface area (Å²) in [5.74, 6) is -1.74. The Morgan fingerprint density at radius 1 is 1.16 bits per heavy atom. The number of nitrogens with one attached hydrogen (secondary N) is 1. The smallest absolute Gasteiger partial charge is 0.224 e. The SMILES string of the molecule is CN1CCC(N2CCCC(C(=O)NCc3ccc(F)c(F)c3)C2)CC1. The van der Waals surface area contributed by atoms with Crippen LogP contribution in [0.15, 0.2) is 18.2 Å².